The molecule has 0 saturated carbocycles. The Morgan fingerprint density at radius 2 is 1.57 bits per heavy atom. The third kappa shape index (κ3) is 8.35. The van der Waals surface area contributed by atoms with Crippen molar-refractivity contribution < 1.29 is 45.9 Å². The number of nitrogens with zero attached hydrogens (tertiary/aromatic N) is 8. The number of aryl methyl sites for hydroxylation is 1. The number of hydrogen-bond donors (Lipinski definition) is 3. The number of sulfonamides is 1. The molecule has 1 unspecified atom stereocenters. The van der Waals surface area contributed by atoms with E-state index in [1.807, 2.05) is 23.3 Å². The number of imide groups is 2. The summed E-state index contributed by atoms with van der Waals surface area (Å²) >= 11 is 0. The lowest BCUT2D eigenvalue weighted by Crippen LogP contribution is -2.55. The van der Waals surface area contributed by atoms with Gasteiger partial charge >= 0.3 is 0 Å². The summed E-state index contributed by atoms with van der Waals surface area (Å²) in [5.74, 6) is -3.78. The molecule has 3 atom stereocenters. The van der Waals surface area contributed by atoms with Crippen molar-refractivity contribution in [3.8, 4) is 11.3 Å². The Hall–Kier alpha value is -5.51. The molecule has 5 aliphatic rings. The number of likely N-dealkylation sites (tertiary alicyclic amines) is 1. The van der Waals surface area contributed by atoms with Crippen molar-refractivity contribution in [1.29, 1.82) is 0 Å². The van der Waals surface area contributed by atoms with Crippen molar-refractivity contribution >= 4 is 56.3 Å². The minimum absolute atomic E-state index is 0.00553. The Labute approximate surface area is 373 Å². The van der Waals surface area contributed by atoms with E-state index in [1.54, 1.807) is 13.0 Å². The number of benzene rings is 2. The van der Waals surface area contributed by atoms with Crippen LogP contribution in [0.3, 0.4) is 0 Å². The number of imidazole rings is 1. The second-order valence-corrected chi connectivity index (χ2v) is 20.3. The van der Waals surface area contributed by atoms with E-state index in [4.69, 9.17) is 0 Å². The highest BCUT2D eigenvalue weighted by molar-refractivity contribution is 7.89. The highest BCUT2D eigenvalue weighted by Crippen LogP contribution is 2.36. The molecule has 17 nitrogen and oxygen atoms in total. The molecule has 4 fully saturated rings. The summed E-state index contributed by atoms with van der Waals surface area (Å²) in [4.78, 5) is 68.2. The van der Waals surface area contributed by atoms with Gasteiger partial charge in [-0.3, -0.25) is 29.4 Å². The van der Waals surface area contributed by atoms with Crippen LogP contribution < -0.4 is 15.5 Å². The Balaban J connectivity index is 0.759. The van der Waals surface area contributed by atoms with Crippen molar-refractivity contribution in [2.75, 3.05) is 56.0 Å². The normalized spacial score (nSPS) is 23.2. The van der Waals surface area contributed by atoms with Crippen LogP contribution in [0, 0.1) is 30.3 Å². The van der Waals surface area contributed by atoms with E-state index in [0.29, 0.717) is 50.4 Å². The molecular formula is C44H51F3N10O7S. The average molecular weight is 921 g/mol. The second-order valence-electron chi connectivity index (χ2n) is 18.1. The topological polar surface area (TPSA) is 203 Å². The van der Waals surface area contributed by atoms with E-state index < -0.39 is 74.5 Å². The number of hydrogen-bond acceptors (Lipinski definition) is 13. The smallest absolute Gasteiger partial charge is 0.262 e. The highest BCUT2D eigenvalue weighted by Gasteiger charge is 2.46. The molecule has 2 aromatic heterocycles. The minimum Gasteiger partial charge on any atom is -0.390 e. The summed E-state index contributed by atoms with van der Waals surface area (Å²) in [6.07, 6.45) is 2.41. The van der Waals surface area contributed by atoms with Crippen LogP contribution in [0.2, 0.25) is 0 Å². The third-order valence-electron chi connectivity index (χ3n) is 13.6. The van der Waals surface area contributed by atoms with E-state index in [9.17, 15) is 32.7 Å². The molecule has 5 aliphatic heterocycles. The number of piperidine rings is 4. The molecule has 7 heterocycles. The van der Waals surface area contributed by atoms with Gasteiger partial charge in [-0.1, -0.05) is 0 Å². The van der Waals surface area contributed by atoms with Crippen molar-refractivity contribution in [3.05, 3.63) is 64.9 Å². The maximum Gasteiger partial charge on any atom is 0.262 e. The molecule has 21 heteroatoms. The van der Waals surface area contributed by atoms with Gasteiger partial charge in [-0.05, 0) is 103 Å². The lowest BCUT2D eigenvalue weighted by Gasteiger charge is -2.40. The highest BCUT2D eigenvalue weighted by atomic mass is 32.2. The van der Waals surface area contributed by atoms with Crippen LogP contribution in [0.15, 0.2) is 30.5 Å². The van der Waals surface area contributed by atoms with Crippen molar-refractivity contribution in [3.63, 3.8) is 0 Å². The number of aromatic nitrogens is 4. The summed E-state index contributed by atoms with van der Waals surface area (Å²) in [6, 6.07) is 3.47. The first-order valence-electron chi connectivity index (χ1n) is 22.2. The van der Waals surface area contributed by atoms with Crippen molar-refractivity contribution in [2.24, 2.45) is 5.92 Å². The molecule has 4 amide bonds. The maximum absolute atomic E-state index is 15.5. The number of amides is 4. The molecule has 346 valence electrons. The van der Waals surface area contributed by atoms with Crippen LogP contribution in [0.1, 0.15) is 91.4 Å². The second kappa shape index (κ2) is 17.4. The van der Waals surface area contributed by atoms with Crippen LogP contribution in [0.4, 0.5) is 24.8 Å². The molecule has 0 bridgehead atoms. The number of fused-ring (bicyclic) bond motifs is 2. The van der Waals surface area contributed by atoms with E-state index in [2.05, 4.69) is 30.5 Å². The largest absolute Gasteiger partial charge is 0.390 e. The summed E-state index contributed by atoms with van der Waals surface area (Å²) in [5.41, 5.74) is 0.869. The number of rotatable bonds is 10. The van der Waals surface area contributed by atoms with Gasteiger partial charge in [0.25, 0.3) is 11.8 Å². The maximum atomic E-state index is 15.5. The van der Waals surface area contributed by atoms with Crippen LogP contribution in [0.25, 0.3) is 22.3 Å². The Morgan fingerprint density at radius 1 is 0.862 bits per heavy atom. The molecule has 9 rings (SSSR count). The van der Waals surface area contributed by atoms with E-state index >= 15 is 13.2 Å². The molecule has 0 aliphatic carbocycles. The summed E-state index contributed by atoms with van der Waals surface area (Å²) in [5, 5.41) is 15.8. The average Bonchev–Trinajstić information content (AvgIpc) is 3.73. The molecule has 0 spiro atoms. The number of anilines is 2. The number of nitrogens with one attached hydrogen (secondary N) is 2. The first-order valence-corrected chi connectivity index (χ1v) is 23.7. The van der Waals surface area contributed by atoms with E-state index in [-0.39, 0.29) is 83.8 Å². The van der Waals surface area contributed by atoms with Crippen molar-refractivity contribution in [2.45, 2.75) is 95.2 Å². The number of β-amino-alcohol motifs (C(OH)–C–C–N with tert-alkyl or cyclic N) is 1. The number of halogens is 3. The zero-order chi connectivity index (χ0) is 46.1. The minimum atomic E-state index is -3.75. The first-order chi connectivity index (χ1) is 31.0. The number of carbonyl (C=O) groups excluding carboxylic acids is 4. The summed E-state index contributed by atoms with van der Waals surface area (Å²) in [7, 11) is -3.75. The molecular weight excluding hydrogens is 870 g/mol. The quantitative estimate of drug-likeness (QED) is 0.194. The van der Waals surface area contributed by atoms with Gasteiger partial charge in [0.2, 0.25) is 27.8 Å². The molecule has 4 aromatic rings. The van der Waals surface area contributed by atoms with Gasteiger partial charge in [0.15, 0.2) is 11.6 Å². The molecule has 0 radical (unpaired) electrons. The number of carbonyl (C=O) groups is 4. The standard InChI is InChI=1S/C44H51F3N10O7S/c1-23(2)56-24(3)49-40-31(46)16-26(17-36(40)56)39-32(47)20-48-44(52-39)50-33-10-15-55(22-37(33)58)65(63,64)27-8-11-53(12-9-27)21-25-6-13-54(14-7-25)35-19-29-28(18-30(35)45)42(61)57(43(29)62)34-4-5-38(59)51-41(34)60/h16-20,23,25,27,33-34,37,58H,4-15,21-22H2,1-3H3,(H,48,50,52)(H,51,59,60)/t33-,34?,37-/m1/s1. The van der Waals surface area contributed by atoms with Gasteiger partial charge in [-0.2, -0.15) is 4.31 Å². The van der Waals surface area contributed by atoms with Crippen LogP contribution in [-0.4, -0.2) is 140 Å². The zero-order valence-corrected chi connectivity index (χ0v) is 37.1. The van der Waals surface area contributed by atoms with Crippen LogP contribution in [0.5, 0.6) is 0 Å². The number of aliphatic hydroxyl groups is 1. The first kappa shape index (κ1) is 44.7. The zero-order valence-electron chi connectivity index (χ0n) is 36.3. The fourth-order valence-electron chi connectivity index (χ4n) is 10.2. The van der Waals surface area contributed by atoms with E-state index in [1.165, 1.54) is 16.4 Å². The van der Waals surface area contributed by atoms with Gasteiger partial charge in [0.1, 0.15) is 28.9 Å². The van der Waals surface area contributed by atoms with Gasteiger partial charge in [-0.25, -0.2) is 36.5 Å². The summed E-state index contributed by atoms with van der Waals surface area (Å²) < 4.78 is 76.8. The summed E-state index contributed by atoms with van der Waals surface area (Å²) in [6.45, 7) is 8.58. The van der Waals surface area contributed by atoms with Gasteiger partial charge in [-0.15, -0.1) is 0 Å². The third-order valence-corrected chi connectivity index (χ3v) is 16.0. The predicted molar refractivity (Wildman–Crippen MR) is 232 cm³/mol. The van der Waals surface area contributed by atoms with Crippen molar-refractivity contribution in [1.82, 2.24) is 38.9 Å². The SMILES string of the molecule is Cc1nc2c(F)cc(-c3nc(N[C@@H]4CCN(S(=O)(=O)C5CCN(CC6CCN(c7cc8c(cc7F)C(=O)N(C7CCC(=O)NC7=O)C8=O)CC6)CC5)C[C@H]4O)ncc3F)cc2n1C(C)C. The molecule has 4 saturated heterocycles. The predicted octanol–water partition coefficient (Wildman–Crippen LogP) is 3.76. The monoisotopic (exact) mass is 920 g/mol. The van der Waals surface area contributed by atoms with Gasteiger partial charge in [0, 0.05) is 50.7 Å². The van der Waals surface area contributed by atoms with Gasteiger partial charge in [0.05, 0.1) is 45.9 Å². The Kier molecular flexibility index (Phi) is 11.9. The lowest BCUT2D eigenvalue weighted by molar-refractivity contribution is -0.136. The fraction of sp³-hybridized carbons (Fsp3) is 0.523. The van der Waals surface area contributed by atoms with Gasteiger partial charge < -0.3 is 24.8 Å². The number of aliphatic hydroxyl groups excluding tert-OH is 1. The Morgan fingerprint density at radius 3 is 2.25 bits per heavy atom. The molecule has 2 aromatic carbocycles. The lowest BCUT2D eigenvalue weighted by atomic mass is 9.94. The molecule has 65 heavy (non-hydrogen) atoms. The van der Waals surface area contributed by atoms with Crippen LogP contribution in [-0.2, 0) is 19.6 Å². The van der Waals surface area contributed by atoms with E-state index in [0.717, 1.165) is 36.5 Å². The van der Waals surface area contributed by atoms with Crippen LogP contribution >= 0.6 is 0 Å². The molecule has 3 N–H and O–H groups in total. The Bertz CT molecular complexity index is 2700. The fourth-order valence-corrected chi connectivity index (χ4v) is 12.2.